The highest BCUT2D eigenvalue weighted by atomic mass is 35.5. The van der Waals surface area contributed by atoms with Gasteiger partial charge in [0.25, 0.3) is 11.8 Å². The zero-order valence-corrected chi connectivity index (χ0v) is 16.6. The molecular weight excluding hydrogens is 362 g/mol. The predicted molar refractivity (Wildman–Crippen MR) is 109 cm³/mol. The third-order valence-electron chi connectivity index (χ3n) is 4.04. The van der Waals surface area contributed by atoms with Gasteiger partial charge < -0.3 is 15.5 Å². The van der Waals surface area contributed by atoms with Gasteiger partial charge >= 0.3 is 0 Å². The molecule has 0 aliphatic rings. The molecule has 144 valence electrons. The van der Waals surface area contributed by atoms with Crippen LogP contribution in [-0.2, 0) is 6.42 Å². The van der Waals surface area contributed by atoms with Crippen molar-refractivity contribution in [3.8, 4) is 0 Å². The number of amides is 2. The van der Waals surface area contributed by atoms with Crippen LogP contribution in [0.15, 0.2) is 48.5 Å². The average Bonchev–Trinajstić information content (AvgIpc) is 2.65. The Balaban J connectivity index is 1.84. The second-order valence-corrected chi connectivity index (χ2v) is 7.07. The summed E-state index contributed by atoms with van der Waals surface area (Å²) < 4.78 is 0. The van der Waals surface area contributed by atoms with Gasteiger partial charge in [-0.2, -0.15) is 0 Å². The van der Waals surface area contributed by atoms with E-state index in [0.717, 1.165) is 18.5 Å². The first-order chi connectivity index (χ1) is 13.0. The Labute approximate surface area is 165 Å². The Kier molecular flexibility index (Phi) is 8.30. The number of carbonyl (C=O) groups is 2. The summed E-state index contributed by atoms with van der Waals surface area (Å²) >= 11 is 5.96. The van der Waals surface area contributed by atoms with Crippen LogP contribution < -0.4 is 10.6 Å². The maximum absolute atomic E-state index is 12.3. The number of nitrogens with one attached hydrogen (secondary N) is 2. The molecule has 0 saturated heterocycles. The number of hydrogen-bond donors (Lipinski definition) is 2. The van der Waals surface area contributed by atoms with Crippen molar-refractivity contribution in [2.24, 2.45) is 0 Å². The summed E-state index contributed by atoms with van der Waals surface area (Å²) in [5, 5.41) is 6.44. The van der Waals surface area contributed by atoms with Crippen LogP contribution in [0.1, 0.15) is 32.7 Å². The molecule has 2 aromatic rings. The van der Waals surface area contributed by atoms with Crippen LogP contribution in [0.5, 0.6) is 0 Å². The molecule has 2 amide bonds. The molecule has 2 rings (SSSR count). The van der Waals surface area contributed by atoms with Crippen molar-refractivity contribution in [1.29, 1.82) is 0 Å². The molecule has 0 atom stereocenters. The van der Waals surface area contributed by atoms with Gasteiger partial charge in [-0.15, -0.1) is 0 Å². The van der Waals surface area contributed by atoms with E-state index >= 15 is 0 Å². The molecule has 2 N–H and O–H groups in total. The van der Waals surface area contributed by atoms with E-state index in [-0.39, 0.29) is 11.8 Å². The van der Waals surface area contributed by atoms with E-state index in [0.29, 0.717) is 35.7 Å². The summed E-state index contributed by atoms with van der Waals surface area (Å²) in [6, 6.07) is 14.3. The lowest BCUT2D eigenvalue weighted by Crippen LogP contribution is -2.28. The molecule has 27 heavy (non-hydrogen) atoms. The van der Waals surface area contributed by atoms with Crippen LogP contribution in [0.3, 0.4) is 0 Å². The van der Waals surface area contributed by atoms with Gasteiger partial charge in [0.2, 0.25) is 0 Å². The molecule has 0 bridgehead atoms. The average molecular weight is 388 g/mol. The van der Waals surface area contributed by atoms with Crippen molar-refractivity contribution >= 4 is 23.4 Å². The van der Waals surface area contributed by atoms with Crippen molar-refractivity contribution in [3.63, 3.8) is 0 Å². The molecule has 0 fully saturated rings. The number of hydrogen-bond acceptors (Lipinski definition) is 3. The second-order valence-electron chi connectivity index (χ2n) is 6.63. The molecule has 0 aliphatic carbocycles. The summed E-state index contributed by atoms with van der Waals surface area (Å²) in [5.74, 6) is -0.360. The first-order valence-electron chi connectivity index (χ1n) is 9.01. The quantitative estimate of drug-likeness (QED) is 0.650. The number of nitrogens with zero attached hydrogens (tertiary/aromatic N) is 1. The van der Waals surface area contributed by atoms with E-state index < -0.39 is 0 Å². The monoisotopic (exact) mass is 387 g/mol. The van der Waals surface area contributed by atoms with E-state index in [1.54, 1.807) is 24.3 Å². The van der Waals surface area contributed by atoms with Gasteiger partial charge in [-0.1, -0.05) is 29.8 Å². The summed E-state index contributed by atoms with van der Waals surface area (Å²) in [6.07, 6.45) is 1.57. The molecule has 0 aromatic heterocycles. The maximum atomic E-state index is 12.3. The van der Waals surface area contributed by atoms with E-state index in [9.17, 15) is 9.59 Å². The van der Waals surface area contributed by atoms with Crippen LogP contribution in [-0.4, -0.2) is 50.4 Å². The lowest BCUT2D eigenvalue weighted by atomic mass is 10.1. The summed E-state index contributed by atoms with van der Waals surface area (Å²) in [6.45, 7) is 2.02. The number of carbonyl (C=O) groups excluding carboxylic acids is 2. The minimum atomic E-state index is -0.195. The fourth-order valence-electron chi connectivity index (χ4n) is 2.62. The van der Waals surface area contributed by atoms with Crippen LogP contribution in [0.2, 0.25) is 5.02 Å². The van der Waals surface area contributed by atoms with Crippen molar-refractivity contribution in [2.45, 2.75) is 12.8 Å². The molecule has 2 aromatic carbocycles. The van der Waals surface area contributed by atoms with Gasteiger partial charge in [0.15, 0.2) is 0 Å². The third kappa shape index (κ3) is 7.41. The number of benzene rings is 2. The Bertz CT molecular complexity index is 778. The first kappa shape index (κ1) is 20.9. The summed E-state index contributed by atoms with van der Waals surface area (Å²) in [5.41, 5.74) is 2.03. The highest BCUT2D eigenvalue weighted by Crippen LogP contribution is 2.11. The topological polar surface area (TPSA) is 61.4 Å². The van der Waals surface area contributed by atoms with Crippen molar-refractivity contribution in [1.82, 2.24) is 15.5 Å². The van der Waals surface area contributed by atoms with Gasteiger partial charge in [-0.25, -0.2) is 0 Å². The third-order valence-corrected chi connectivity index (χ3v) is 4.28. The van der Waals surface area contributed by atoms with Crippen molar-refractivity contribution < 1.29 is 9.59 Å². The van der Waals surface area contributed by atoms with Crippen LogP contribution in [0, 0.1) is 0 Å². The highest BCUT2D eigenvalue weighted by Gasteiger charge is 2.10. The summed E-state index contributed by atoms with van der Waals surface area (Å²) in [7, 11) is 3.99. The smallest absolute Gasteiger partial charge is 0.251 e. The van der Waals surface area contributed by atoms with Crippen molar-refractivity contribution in [2.75, 3.05) is 33.7 Å². The minimum absolute atomic E-state index is 0.165. The zero-order chi connectivity index (χ0) is 19.6. The van der Waals surface area contributed by atoms with E-state index in [1.165, 1.54) is 0 Å². The van der Waals surface area contributed by atoms with E-state index in [4.69, 9.17) is 11.6 Å². The van der Waals surface area contributed by atoms with Crippen LogP contribution in [0.4, 0.5) is 0 Å². The van der Waals surface area contributed by atoms with Gasteiger partial charge in [-0.05, 0) is 69.4 Å². The largest absolute Gasteiger partial charge is 0.352 e. The molecule has 0 unspecified atom stereocenters. The van der Waals surface area contributed by atoms with Crippen LogP contribution >= 0.6 is 11.6 Å². The van der Waals surface area contributed by atoms with Gasteiger partial charge in [0.1, 0.15) is 0 Å². The normalized spacial score (nSPS) is 10.7. The van der Waals surface area contributed by atoms with E-state index in [1.807, 2.05) is 38.4 Å². The SMILES string of the molecule is CN(C)CCCNC(=O)c1cccc(C(=O)NCCc2cccc(Cl)c2)c1. The highest BCUT2D eigenvalue weighted by molar-refractivity contribution is 6.30. The zero-order valence-electron chi connectivity index (χ0n) is 15.8. The molecule has 0 heterocycles. The Morgan fingerprint density at radius 3 is 2.19 bits per heavy atom. The fraction of sp³-hybridized carbons (Fsp3) is 0.333. The molecular formula is C21H26ClN3O2. The van der Waals surface area contributed by atoms with Gasteiger partial charge in [0.05, 0.1) is 0 Å². The standard InChI is InChI=1S/C21H26ClN3O2/c1-25(2)13-5-11-23-20(26)17-7-4-8-18(15-17)21(27)24-12-10-16-6-3-9-19(22)14-16/h3-4,6-9,14-15H,5,10-13H2,1-2H3,(H,23,26)(H,24,27). The van der Waals surface area contributed by atoms with Crippen molar-refractivity contribution in [3.05, 3.63) is 70.2 Å². The molecule has 0 aliphatic heterocycles. The Morgan fingerprint density at radius 2 is 1.56 bits per heavy atom. The predicted octanol–water partition coefficient (Wildman–Crippen LogP) is 2.99. The molecule has 0 spiro atoms. The lowest BCUT2D eigenvalue weighted by Gasteiger charge is -2.10. The molecule has 0 saturated carbocycles. The Hall–Kier alpha value is -2.37. The number of halogens is 1. The molecule has 0 radical (unpaired) electrons. The first-order valence-corrected chi connectivity index (χ1v) is 9.39. The molecule has 5 nitrogen and oxygen atoms in total. The summed E-state index contributed by atoms with van der Waals surface area (Å²) in [4.78, 5) is 26.6. The van der Waals surface area contributed by atoms with Gasteiger partial charge in [-0.3, -0.25) is 9.59 Å². The van der Waals surface area contributed by atoms with E-state index in [2.05, 4.69) is 15.5 Å². The number of rotatable bonds is 9. The van der Waals surface area contributed by atoms with Crippen LogP contribution in [0.25, 0.3) is 0 Å². The second kappa shape index (κ2) is 10.7. The fourth-order valence-corrected chi connectivity index (χ4v) is 2.83. The molecule has 6 heteroatoms. The van der Waals surface area contributed by atoms with Gasteiger partial charge in [0, 0.05) is 29.2 Å². The maximum Gasteiger partial charge on any atom is 0.251 e. The lowest BCUT2D eigenvalue weighted by molar-refractivity contribution is 0.0952. The Morgan fingerprint density at radius 1 is 0.926 bits per heavy atom. The minimum Gasteiger partial charge on any atom is -0.352 e.